The van der Waals surface area contributed by atoms with Gasteiger partial charge < -0.3 is 14.5 Å². The van der Waals surface area contributed by atoms with Gasteiger partial charge in [-0.3, -0.25) is 9.59 Å². The SMILES string of the molecule is CC1N(CC2CC2)C(=O)COC12CCN(C(=O)c1ccnc(F)c1)CC2. The predicted octanol–water partition coefficient (Wildman–Crippen LogP) is 1.85. The molecule has 0 N–H and O–H groups in total. The van der Waals surface area contributed by atoms with E-state index in [9.17, 15) is 14.0 Å². The molecular weight excluding hydrogens is 337 g/mol. The highest BCUT2D eigenvalue weighted by atomic mass is 19.1. The fourth-order valence-electron chi connectivity index (χ4n) is 4.12. The summed E-state index contributed by atoms with van der Waals surface area (Å²) in [6.07, 6.45) is 5.08. The monoisotopic (exact) mass is 361 g/mol. The van der Waals surface area contributed by atoms with E-state index in [0.717, 1.165) is 6.54 Å². The Balaban J connectivity index is 1.43. The van der Waals surface area contributed by atoms with Crippen LogP contribution in [0.1, 0.15) is 43.0 Å². The zero-order valence-corrected chi connectivity index (χ0v) is 15.0. The zero-order chi connectivity index (χ0) is 18.3. The van der Waals surface area contributed by atoms with Crippen LogP contribution < -0.4 is 0 Å². The molecule has 1 saturated carbocycles. The van der Waals surface area contributed by atoms with Crippen LogP contribution in [0, 0.1) is 11.9 Å². The molecule has 1 atom stereocenters. The van der Waals surface area contributed by atoms with Crippen molar-refractivity contribution in [2.75, 3.05) is 26.2 Å². The summed E-state index contributed by atoms with van der Waals surface area (Å²) in [4.78, 5) is 32.1. The molecule has 1 unspecified atom stereocenters. The summed E-state index contributed by atoms with van der Waals surface area (Å²) in [5, 5.41) is 0. The number of aromatic nitrogens is 1. The van der Waals surface area contributed by atoms with Crippen molar-refractivity contribution in [3.05, 3.63) is 29.8 Å². The Hall–Kier alpha value is -2.02. The lowest BCUT2D eigenvalue weighted by Crippen LogP contribution is -2.64. The number of carbonyl (C=O) groups excluding carboxylic acids is 2. The van der Waals surface area contributed by atoms with E-state index < -0.39 is 5.95 Å². The first-order valence-electron chi connectivity index (χ1n) is 9.33. The van der Waals surface area contributed by atoms with Crippen LogP contribution in [0.5, 0.6) is 0 Å². The van der Waals surface area contributed by atoms with Crippen LogP contribution >= 0.6 is 0 Å². The lowest BCUT2D eigenvalue weighted by atomic mass is 9.82. The summed E-state index contributed by atoms with van der Waals surface area (Å²) in [5.41, 5.74) is -0.0695. The predicted molar refractivity (Wildman–Crippen MR) is 91.9 cm³/mol. The zero-order valence-electron chi connectivity index (χ0n) is 15.0. The van der Waals surface area contributed by atoms with E-state index >= 15 is 0 Å². The summed E-state index contributed by atoms with van der Waals surface area (Å²) >= 11 is 0. The number of amides is 2. The largest absolute Gasteiger partial charge is 0.363 e. The molecule has 2 saturated heterocycles. The number of carbonyl (C=O) groups is 2. The second-order valence-electron chi connectivity index (χ2n) is 7.68. The number of piperidine rings is 1. The molecular formula is C19H24FN3O3. The minimum Gasteiger partial charge on any atom is -0.363 e. The molecule has 2 amide bonds. The fraction of sp³-hybridized carbons (Fsp3) is 0.632. The van der Waals surface area contributed by atoms with Crippen molar-refractivity contribution in [2.24, 2.45) is 5.92 Å². The maximum Gasteiger partial charge on any atom is 0.254 e. The van der Waals surface area contributed by atoms with Crippen molar-refractivity contribution >= 4 is 11.8 Å². The molecule has 0 aromatic carbocycles. The van der Waals surface area contributed by atoms with Crippen LogP contribution in [-0.2, 0) is 9.53 Å². The van der Waals surface area contributed by atoms with Gasteiger partial charge >= 0.3 is 0 Å². The smallest absolute Gasteiger partial charge is 0.254 e. The normalized spacial score (nSPS) is 25.6. The van der Waals surface area contributed by atoms with Crippen molar-refractivity contribution in [1.82, 2.24) is 14.8 Å². The van der Waals surface area contributed by atoms with Gasteiger partial charge in [0.05, 0.1) is 11.6 Å². The van der Waals surface area contributed by atoms with Gasteiger partial charge in [-0.2, -0.15) is 4.39 Å². The van der Waals surface area contributed by atoms with Gasteiger partial charge in [-0.25, -0.2) is 4.98 Å². The van der Waals surface area contributed by atoms with E-state index in [1.165, 1.54) is 31.2 Å². The second kappa shape index (κ2) is 6.61. The molecule has 3 aliphatic rings. The Morgan fingerprint density at radius 1 is 1.38 bits per heavy atom. The van der Waals surface area contributed by atoms with Crippen LogP contribution in [0.3, 0.4) is 0 Å². The number of morpholine rings is 1. The van der Waals surface area contributed by atoms with E-state index in [1.807, 2.05) is 4.90 Å². The molecule has 26 heavy (non-hydrogen) atoms. The summed E-state index contributed by atoms with van der Waals surface area (Å²) in [5.74, 6) is -0.126. The first kappa shape index (κ1) is 17.4. The van der Waals surface area contributed by atoms with Crippen molar-refractivity contribution < 1.29 is 18.7 Å². The second-order valence-corrected chi connectivity index (χ2v) is 7.68. The lowest BCUT2D eigenvalue weighted by molar-refractivity contribution is -0.185. The molecule has 4 rings (SSSR count). The number of hydrogen-bond acceptors (Lipinski definition) is 4. The van der Waals surface area contributed by atoms with Gasteiger partial charge in [-0.1, -0.05) is 0 Å². The Kier molecular flexibility index (Phi) is 4.42. The van der Waals surface area contributed by atoms with E-state index in [-0.39, 0.29) is 30.1 Å². The Labute approximate surface area is 152 Å². The number of halogens is 1. The molecule has 140 valence electrons. The van der Waals surface area contributed by atoms with Gasteiger partial charge in [-0.05, 0) is 44.6 Å². The third kappa shape index (κ3) is 3.20. The summed E-state index contributed by atoms with van der Waals surface area (Å²) in [6.45, 7) is 4.09. The van der Waals surface area contributed by atoms with Gasteiger partial charge in [0.2, 0.25) is 11.9 Å². The van der Waals surface area contributed by atoms with Gasteiger partial charge in [-0.15, -0.1) is 0 Å². The van der Waals surface area contributed by atoms with E-state index in [1.54, 1.807) is 4.90 Å². The summed E-state index contributed by atoms with van der Waals surface area (Å²) in [6, 6.07) is 2.72. The minimum atomic E-state index is -0.650. The summed E-state index contributed by atoms with van der Waals surface area (Å²) < 4.78 is 19.3. The highest BCUT2D eigenvalue weighted by molar-refractivity contribution is 5.94. The number of nitrogens with zero attached hydrogens (tertiary/aromatic N) is 3. The topological polar surface area (TPSA) is 62.7 Å². The van der Waals surface area contributed by atoms with Gasteiger partial charge in [0.25, 0.3) is 5.91 Å². The number of hydrogen-bond donors (Lipinski definition) is 0. The molecule has 0 bridgehead atoms. The van der Waals surface area contributed by atoms with Gasteiger partial charge in [0, 0.05) is 37.5 Å². The molecule has 1 spiro atoms. The van der Waals surface area contributed by atoms with Crippen molar-refractivity contribution in [2.45, 2.75) is 44.2 Å². The molecule has 1 aromatic heterocycles. The average Bonchev–Trinajstić information content (AvgIpc) is 3.47. The maximum absolute atomic E-state index is 13.3. The molecule has 3 heterocycles. The Bertz CT molecular complexity index is 714. The Morgan fingerprint density at radius 2 is 2.12 bits per heavy atom. The van der Waals surface area contributed by atoms with Crippen LogP contribution in [0.25, 0.3) is 0 Å². The van der Waals surface area contributed by atoms with Crippen LogP contribution in [0.4, 0.5) is 4.39 Å². The Morgan fingerprint density at radius 3 is 2.77 bits per heavy atom. The number of pyridine rings is 1. The van der Waals surface area contributed by atoms with Crippen LogP contribution in [-0.4, -0.2) is 64.5 Å². The molecule has 1 aromatic rings. The molecule has 6 nitrogen and oxygen atoms in total. The average molecular weight is 361 g/mol. The van der Waals surface area contributed by atoms with E-state index in [4.69, 9.17) is 4.74 Å². The molecule has 3 fully saturated rings. The quantitative estimate of drug-likeness (QED) is 0.771. The highest BCUT2D eigenvalue weighted by Crippen LogP contribution is 2.38. The van der Waals surface area contributed by atoms with Crippen molar-refractivity contribution in [1.29, 1.82) is 0 Å². The van der Waals surface area contributed by atoms with Gasteiger partial charge in [0.15, 0.2) is 0 Å². The number of rotatable bonds is 3. The number of likely N-dealkylation sites (tertiary alicyclic amines) is 1. The highest BCUT2D eigenvalue weighted by Gasteiger charge is 2.49. The molecule has 2 aliphatic heterocycles. The lowest BCUT2D eigenvalue weighted by Gasteiger charge is -2.51. The third-order valence-electron chi connectivity index (χ3n) is 6.05. The van der Waals surface area contributed by atoms with Crippen LogP contribution in [0.2, 0.25) is 0 Å². The van der Waals surface area contributed by atoms with Crippen molar-refractivity contribution in [3.8, 4) is 0 Å². The molecule has 1 aliphatic carbocycles. The fourth-order valence-corrected chi connectivity index (χ4v) is 4.12. The third-order valence-corrected chi connectivity index (χ3v) is 6.05. The number of ether oxygens (including phenoxy) is 1. The molecule has 7 heteroatoms. The summed E-state index contributed by atoms with van der Waals surface area (Å²) in [7, 11) is 0. The van der Waals surface area contributed by atoms with E-state index in [0.29, 0.717) is 37.4 Å². The molecule has 0 radical (unpaired) electrons. The van der Waals surface area contributed by atoms with Gasteiger partial charge in [0.1, 0.15) is 6.61 Å². The first-order valence-corrected chi connectivity index (χ1v) is 9.33. The van der Waals surface area contributed by atoms with Crippen molar-refractivity contribution in [3.63, 3.8) is 0 Å². The minimum absolute atomic E-state index is 0.0139. The maximum atomic E-state index is 13.3. The van der Waals surface area contributed by atoms with E-state index in [2.05, 4.69) is 11.9 Å². The van der Waals surface area contributed by atoms with Crippen LogP contribution in [0.15, 0.2) is 18.3 Å². The standard InChI is InChI=1S/C19H24FN3O3/c1-13-19(26-12-17(24)23(13)11-14-2-3-14)5-8-22(9-6-19)18(25)15-4-7-21-16(20)10-15/h4,7,10,13-14H,2-3,5-6,8-9,11-12H2,1H3. The first-order chi connectivity index (χ1) is 12.5.